The molecule has 28 heteroatoms. The van der Waals surface area contributed by atoms with Crippen molar-refractivity contribution < 1.29 is 123 Å². The number of halogens is 6. The number of aliphatic imine (C=N–C) groups is 1. The fourth-order valence-corrected chi connectivity index (χ4v) is 14.0. The van der Waals surface area contributed by atoms with Crippen LogP contribution in [-0.4, -0.2) is 99.6 Å². The third-order valence-electron chi connectivity index (χ3n) is 22.3. The van der Waals surface area contributed by atoms with Crippen molar-refractivity contribution >= 4 is 50.6 Å². The normalized spacial score (nSPS) is 23.9. The van der Waals surface area contributed by atoms with Gasteiger partial charge in [-0.1, -0.05) is 252 Å². The number of alkyl halides is 6. The Morgan fingerprint density at radius 3 is 1.23 bits per heavy atom. The molecule has 0 radical (unpaired) electrons. The van der Waals surface area contributed by atoms with Crippen molar-refractivity contribution in [1.82, 2.24) is 0 Å². The van der Waals surface area contributed by atoms with E-state index in [-0.39, 0.29) is 130 Å². The van der Waals surface area contributed by atoms with E-state index in [0.717, 1.165) is 24.3 Å². The average molecular weight is 1730 g/mol. The summed E-state index contributed by atoms with van der Waals surface area (Å²) in [6.45, 7) is 64.5. The van der Waals surface area contributed by atoms with E-state index in [1.165, 1.54) is 88.6 Å². The molecule has 7 atom stereocenters. The first-order valence-corrected chi connectivity index (χ1v) is 39.7. The SMILES string of the molecule is C.C.C.C=C(C)c1ccc2c(c1)C(C)(C)CCC2(C)C.CC(C)(C1=N[C@@H](C(C)(C)C)CO1)C1[N-][C@@H](C(C)(C)C)CO1.CCOC(=O)[C@@H]1C[C@]1(C)c1ccc2c(c1)C(C)(C)CCC2(C)C.CCOC(=O)[C@@H]1C[C@]1(C)c1ccc2c(c1)C(C)(C)CCC2(C)C.CCON=NC=O.O=S(=O)(O)C(F)(F)F.O=[S-](=O)C(F)(F)F.[Cu+].[O]=[Cu]. The number of benzene rings is 3. The number of carbonyl (C=O) groups is 3. The second-order valence-corrected chi connectivity index (χ2v) is 38.4. The van der Waals surface area contributed by atoms with Gasteiger partial charge in [-0.3, -0.25) is 18.9 Å². The summed E-state index contributed by atoms with van der Waals surface area (Å²) >= 11 is 2.94. The molecule has 10 rings (SSSR count). The fraction of sp³-hybridized carbons (Fsp3) is 0.714. The molecular weight excluding hydrogens is 1590 g/mol. The van der Waals surface area contributed by atoms with Gasteiger partial charge in [-0.15, -0.1) is 6.04 Å². The molecule has 3 fully saturated rings. The average Bonchev–Trinajstić information content (AvgIpc) is 1.50. The fourth-order valence-electron chi connectivity index (χ4n) is 14.0. The molecule has 1 N–H and O–H groups in total. The van der Waals surface area contributed by atoms with Crippen molar-refractivity contribution in [2.75, 3.05) is 33.0 Å². The van der Waals surface area contributed by atoms with Crippen LogP contribution >= 0.6 is 0 Å². The van der Waals surface area contributed by atoms with Crippen molar-refractivity contribution in [2.24, 2.45) is 43.5 Å². The van der Waals surface area contributed by atoms with E-state index in [1.807, 2.05) is 13.8 Å². The molecular formula is C84H134Cu2F6N4O14S2-. The predicted molar refractivity (Wildman–Crippen MR) is 427 cm³/mol. The van der Waals surface area contributed by atoms with Crippen LogP contribution in [0.3, 0.4) is 0 Å². The maximum absolute atomic E-state index is 12.1. The zero-order valence-electron chi connectivity index (χ0n) is 68.8. The molecule has 7 aliphatic rings. The first-order chi connectivity index (χ1) is 49.0. The Morgan fingerprint density at radius 1 is 0.616 bits per heavy atom. The maximum atomic E-state index is 12.1. The summed E-state index contributed by atoms with van der Waals surface area (Å²) in [7, 11) is -9.77. The molecule has 18 nitrogen and oxygen atoms in total. The van der Waals surface area contributed by atoms with Crippen LogP contribution in [0.2, 0.25) is 0 Å². The van der Waals surface area contributed by atoms with E-state index < -0.39 is 31.8 Å². The Kier molecular flexibility index (Phi) is 40.4. The standard InChI is InChI=1S/2C21H30O2.C17H31N2O2.C17H24.C3H6N2O2.CHF3O3S.CF3O2S.3CH4.2Cu.O/c2*1-7-23-18(22)17-13-21(17,6)14-8-9-15-16(12-14)20(4,5)11-10-19(15,2)3;1-15(2,3)11-9-20-13(18-11)17(7,8)14-19-12(10-21-14)16(4,5)6;1-12(2)13-7-8-14-15(11-13)17(5,6)10-9-16(14,3)4;1-2-7-5-4-3-6;2-1(3,4)8(5,6)7;2-1(3,4)7(5)6;;;;;;/h2*8-9,12,17H,7,10-11,13H2,1-6H3;11-13H,9-10H2,1-8H3;7-8,11H,1,9-10H2,2-6H3;3H,2H2,1H3;(H,5,6,7);;3*1H4;;;/q;;-1;;;;-1;;;;;+1;/t2*17-,21+;11-,12-,13?;;;;;;;;;;/m001........../s1. The van der Waals surface area contributed by atoms with Crippen LogP contribution < -0.4 is 0 Å². The van der Waals surface area contributed by atoms with Gasteiger partial charge < -0.3 is 37.5 Å². The number of allylic oxidation sites excluding steroid dienone is 1. The van der Waals surface area contributed by atoms with Gasteiger partial charge in [-0.2, -0.15) is 34.8 Å². The van der Waals surface area contributed by atoms with Gasteiger partial charge in [0.25, 0.3) is 6.41 Å². The van der Waals surface area contributed by atoms with Crippen molar-refractivity contribution in [3.05, 3.63) is 117 Å². The molecule has 5 aliphatic carbocycles. The van der Waals surface area contributed by atoms with E-state index >= 15 is 0 Å². The third-order valence-corrected chi connectivity index (χ3v) is 23.3. The number of amides is 1. The summed E-state index contributed by atoms with van der Waals surface area (Å²) in [5.74, 6) is 0.783. The molecule has 2 aliphatic heterocycles. The van der Waals surface area contributed by atoms with Crippen LogP contribution in [0.5, 0.6) is 0 Å². The van der Waals surface area contributed by atoms with Gasteiger partial charge in [0.15, 0.2) is 5.90 Å². The third kappa shape index (κ3) is 28.4. The summed E-state index contributed by atoms with van der Waals surface area (Å²) < 4.78 is 137. The number of rotatable bonds is 12. The molecule has 3 aromatic rings. The molecule has 2 saturated carbocycles. The Morgan fingerprint density at radius 2 is 0.955 bits per heavy atom. The number of carbonyl (C=O) groups excluding carboxylic acids is 3. The number of fused-ring (bicyclic) bond motifs is 3. The van der Waals surface area contributed by atoms with E-state index in [0.29, 0.717) is 50.3 Å². The molecule has 1 saturated heterocycles. The van der Waals surface area contributed by atoms with E-state index in [2.05, 4.69) is 252 Å². The zero-order valence-corrected chi connectivity index (χ0v) is 72.3. The molecule has 0 spiro atoms. The molecule has 2 heterocycles. The number of nitrogens with zero attached hydrogens (tertiary/aromatic N) is 4. The Balaban J connectivity index is 0. The van der Waals surface area contributed by atoms with Gasteiger partial charge in [-0.05, 0) is 173 Å². The molecule has 1 amide bonds. The summed E-state index contributed by atoms with van der Waals surface area (Å²) in [4.78, 5) is 42.6. The second kappa shape index (κ2) is 41.5. The van der Waals surface area contributed by atoms with E-state index in [1.54, 1.807) is 6.92 Å². The van der Waals surface area contributed by atoms with Crippen molar-refractivity contribution in [2.45, 2.75) is 326 Å². The minimum atomic E-state index is -5.84. The zero-order chi connectivity index (χ0) is 83.6. The van der Waals surface area contributed by atoms with Gasteiger partial charge in [-0.25, -0.2) is 4.99 Å². The van der Waals surface area contributed by atoms with Gasteiger partial charge in [0, 0.05) is 38.8 Å². The van der Waals surface area contributed by atoms with Crippen molar-refractivity contribution in [3.63, 3.8) is 0 Å². The quantitative estimate of drug-likeness (QED) is 0.0204. The summed E-state index contributed by atoms with van der Waals surface area (Å²) in [5, 5.41) is 10.7. The molecule has 0 aromatic heterocycles. The van der Waals surface area contributed by atoms with Crippen LogP contribution in [0, 0.1) is 28.1 Å². The van der Waals surface area contributed by atoms with Gasteiger partial charge >= 0.3 is 69.9 Å². The number of hydrogen-bond acceptors (Lipinski definition) is 16. The van der Waals surface area contributed by atoms with Gasteiger partial charge in [0.1, 0.15) is 13.2 Å². The number of ether oxygens (including phenoxy) is 4. The first kappa shape index (κ1) is 109. The van der Waals surface area contributed by atoms with Crippen molar-refractivity contribution in [1.29, 1.82) is 0 Å². The van der Waals surface area contributed by atoms with Crippen LogP contribution in [-0.2, 0) is 148 Å². The van der Waals surface area contributed by atoms with Crippen molar-refractivity contribution in [3.8, 4) is 0 Å². The second-order valence-electron chi connectivity index (χ2n) is 36.1. The van der Waals surface area contributed by atoms with Crippen LogP contribution in [0.1, 0.15) is 304 Å². The van der Waals surface area contributed by atoms with Gasteiger partial charge in [0.05, 0.1) is 31.1 Å². The topological polar surface area (TPSA) is 254 Å². The van der Waals surface area contributed by atoms with E-state index in [9.17, 15) is 40.7 Å². The van der Waals surface area contributed by atoms with Crippen LogP contribution in [0.15, 0.2) is 76.6 Å². The van der Waals surface area contributed by atoms with Crippen LogP contribution in [0.25, 0.3) is 10.9 Å². The number of hydrogen-bond donors (Lipinski definition) is 1. The molecule has 0 bridgehead atoms. The minimum absolute atomic E-state index is 0. The predicted octanol–water partition coefficient (Wildman–Crippen LogP) is 22.4. The summed E-state index contributed by atoms with van der Waals surface area (Å²) in [5.41, 5.74) is 4.80. The van der Waals surface area contributed by atoms with E-state index in [4.69, 9.17) is 54.5 Å². The Hall–Kier alpha value is -4.92. The molecule has 3 aromatic carbocycles. The molecule has 112 heavy (non-hydrogen) atoms. The monoisotopic (exact) mass is 1730 g/mol. The number of esters is 2. The molecule has 1 unspecified atom stereocenters. The summed E-state index contributed by atoms with van der Waals surface area (Å²) in [6.07, 6.45) is 9.41. The Labute approximate surface area is 688 Å². The summed E-state index contributed by atoms with van der Waals surface area (Å²) in [6, 6.07) is 21.3. The first-order valence-electron chi connectivity index (χ1n) is 36.8. The Bertz CT molecular complexity index is 3760. The molecule has 651 valence electrons. The van der Waals surface area contributed by atoms with Crippen LogP contribution in [0.4, 0.5) is 26.3 Å². The van der Waals surface area contributed by atoms with Gasteiger partial charge in [0.2, 0.25) is 0 Å².